The Morgan fingerprint density at radius 2 is 2.03 bits per heavy atom. The van der Waals surface area contributed by atoms with Crippen molar-refractivity contribution < 1.29 is 23.5 Å². The molecule has 3 rings (SSSR count). The third kappa shape index (κ3) is 4.81. The Morgan fingerprint density at radius 3 is 2.70 bits per heavy atom. The molecule has 0 aliphatic carbocycles. The lowest BCUT2D eigenvalue weighted by Crippen LogP contribution is -2.42. The Morgan fingerprint density at radius 1 is 1.27 bits per heavy atom. The highest BCUT2D eigenvalue weighted by molar-refractivity contribution is 6.33. The van der Waals surface area contributed by atoms with Crippen LogP contribution < -0.4 is 0 Å². The van der Waals surface area contributed by atoms with Gasteiger partial charge < -0.3 is 9.15 Å². The topological polar surface area (TPSA) is 101 Å². The van der Waals surface area contributed by atoms with E-state index >= 15 is 0 Å². The number of furan rings is 1. The predicted octanol–water partition coefficient (Wildman–Crippen LogP) is 4.95. The molecule has 33 heavy (non-hydrogen) atoms. The van der Waals surface area contributed by atoms with Crippen molar-refractivity contribution in [2.24, 2.45) is 0 Å². The van der Waals surface area contributed by atoms with Crippen molar-refractivity contribution in [1.82, 2.24) is 4.90 Å². The average molecular weight is 465 g/mol. The van der Waals surface area contributed by atoms with Gasteiger partial charge in [0.2, 0.25) is 0 Å². The predicted molar refractivity (Wildman–Crippen MR) is 123 cm³/mol. The van der Waals surface area contributed by atoms with Gasteiger partial charge in [0.15, 0.2) is 0 Å². The van der Waals surface area contributed by atoms with Crippen molar-refractivity contribution in [2.45, 2.75) is 20.3 Å². The first-order valence-corrected chi connectivity index (χ1v) is 10.6. The van der Waals surface area contributed by atoms with E-state index in [1.165, 1.54) is 12.2 Å². The molecule has 1 aliphatic heterocycles. The van der Waals surface area contributed by atoms with Gasteiger partial charge in [0.05, 0.1) is 17.2 Å². The number of nitriles is 1. The fourth-order valence-electron chi connectivity index (χ4n) is 3.26. The molecule has 0 saturated heterocycles. The van der Waals surface area contributed by atoms with Crippen LogP contribution in [0.4, 0.5) is 0 Å². The number of esters is 1. The summed E-state index contributed by atoms with van der Waals surface area (Å²) < 4.78 is 11.0. The van der Waals surface area contributed by atoms with Crippen molar-refractivity contribution in [3.05, 3.63) is 76.1 Å². The molecule has 168 valence electrons. The van der Waals surface area contributed by atoms with Gasteiger partial charge in [0, 0.05) is 17.7 Å². The van der Waals surface area contributed by atoms with Gasteiger partial charge >= 0.3 is 5.97 Å². The summed E-state index contributed by atoms with van der Waals surface area (Å²) >= 11 is 6.15. The largest absolute Gasteiger partial charge is 0.462 e. The number of amides is 2. The summed E-state index contributed by atoms with van der Waals surface area (Å²) in [6, 6.07) is 10.0. The van der Waals surface area contributed by atoms with E-state index in [4.69, 9.17) is 20.8 Å². The van der Waals surface area contributed by atoms with E-state index in [0.717, 1.165) is 4.90 Å². The lowest BCUT2D eigenvalue weighted by atomic mass is 9.94. The number of hydrogen-bond acceptors (Lipinski definition) is 6. The molecule has 1 aliphatic rings. The van der Waals surface area contributed by atoms with Gasteiger partial charge in [0.1, 0.15) is 23.2 Å². The average Bonchev–Trinajstić information content (AvgIpc) is 3.27. The molecule has 0 atom stereocenters. The van der Waals surface area contributed by atoms with E-state index in [1.807, 2.05) is 13.0 Å². The summed E-state index contributed by atoms with van der Waals surface area (Å²) in [5.74, 6) is -0.944. The first-order valence-electron chi connectivity index (χ1n) is 10.2. The van der Waals surface area contributed by atoms with Gasteiger partial charge in [-0.05, 0) is 55.3 Å². The second kappa shape index (κ2) is 10.2. The molecule has 0 bridgehead atoms. The van der Waals surface area contributed by atoms with E-state index in [1.54, 1.807) is 37.3 Å². The number of carbonyl (C=O) groups excluding carboxylic acids is 3. The van der Waals surface area contributed by atoms with E-state index in [9.17, 15) is 19.6 Å². The third-order valence-corrected chi connectivity index (χ3v) is 5.29. The van der Waals surface area contributed by atoms with Crippen LogP contribution in [0.25, 0.3) is 17.4 Å². The summed E-state index contributed by atoms with van der Waals surface area (Å²) in [5, 5.41) is 9.66. The molecule has 7 nitrogen and oxygen atoms in total. The Hall–Kier alpha value is -3.89. The number of hydrogen-bond donors (Lipinski definition) is 0. The fraction of sp³-hybridized carbons (Fsp3) is 0.200. The minimum Gasteiger partial charge on any atom is -0.462 e. The lowest BCUT2D eigenvalue weighted by molar-refractivity contribution is -0.139. The van der Waals surface area contributed by atoms with Crippen LogP contribution >= 0.6 is 11.6 Å². The monoisotopic (exact) mass is 464 g/mol. The molecule has 1 aromatic heterocycles. The fourth-order valence-corrected chi connectivity index (χ4v) is 3.45. The minimum absolute atomic E-state index is 0.0153. The van der Waals surface area contributed by atoms with E-state index in [0.29, 0.717) is 23.5 Å². The molecule has 8 heteroatoms. The maximum Gasteiger partial charge on any atom is 0.339 e. The van der Waals surface area contributed by atoms with Gasteiger partial charge in [-0.3, -0.25) is 14.5 Å². The second-order valence-corrected chi connectivity index (χ2v) is 7.62. The van der Waals surface area contributed by atoms with Crippen LogP contribution in [0.15, 0.2) is 64.1 Å². The van der Waals surface area contributed by atoms with Crippen molar-refractivity contribution in [3.8, 4) is 17.4 Å². The smallest absolute Gasteiger partial charge is 0.339 e. The van der Waals surface area contributed by atoms with Gasteiger partial charge in [-0.25, -0.2) is 4.79 Å². The number of ether oxygens (including phenoxy) is 1. The Labute approximate surface area is 196 Å². The molecule has 0 saturated carbocycles. The van der Waals surface area contributed by atoms with Crippen LogP contribution in [0.1, 0.15) is 36.4 Å². The lowest BCUT2D eigenvalue weighted by Gasteiger charge is -2.26. The number of imide groups is 1. The van der Waals surface area contributed by atoms with Crippen LogP contribution in [-0.4, -0.2) is 35.8 Å². The zero-order valence-electron chi connectivity index (χ0n) is 18.2. The molecule has 2 aromatic rings. The third-order valence-electron chi connectivity index (χ3n) is 4.96. The Kier molecular flexibility index (Phi) is 7.31. The van der Waals surface area contributed by atoms with Gasteiger partial charge in [-0.15, -0.1) is 6.58 Å². The zero-order chi connectivity index (χ0) is 24.1. The highest BCUT2D eigenvalue weighted by atomic mass is 35.5. The van der Waals surface area contributed by atoms with E-state index in [-0.39, 0.29) is 40.5 Å². The van der Waals surface area contributed by atoms with Crippen LogP contribution in [0.2, 0.25) is 5.02 Å². The van der Waals surface area contributed by atoms with E-state index < -0.39 is 17.8 Å². The summed E-state index contributed by atoms with van der Waals surface area (Å²) in [7, 11) is 0. The summed E-state index contributed by atoms with van der Waals surface area (Å²) in [5.41, 5.74) is 1.16. The van der Waals surface area contributed by atoms with Crippen LogP contribution in [0.5, 0.6) is 0 Å². The first-order chi connectivity index (χ1) is 15.8. The minimum atomic E-state index is -0.652. The number of carbonyl (C=O) groups is 3. The molecule has 2 amide bonds. The maximum absolute atomic E-state index is 12.9. The normalized spacial score (nSPS) is 15.1. The molecule has 1 aromatic carbocycles. The molecular formula is C25H21ClN2O5. The molecule has 0 N–H and O–H groups in total. The van der Waals surface area contributed by atoms with Crippen molar-refractivity contribution in [2.75, 3.05) is 13.2 Å². The molecule has 0 unspecified atom stereocenters. The van der Waals surface area contributed by atoms with Crippen molar-refractivity contribution in [3.63, 3.8) is 0 Å². The quantitative estimate of drug-likeness (QED) is 0.249. The molecule has 0 radical (unpaired) electrons. The summed E-state index contributed by atoms with van der Waals surface area (Å²) in [6.45, 7) is 7.26. The van der Waals surface area contributed by atoms with Gasteiger partial charge in [-0.1, -0.05) is 24.6 Å². The Bertz CT molecular complexity index is 1250. The number of benzene rings is 1. The van der Waals surface area contributed by atoms with Crippen LogP contribution in [0, 0.1) is 11.3 Å². The number of nitrogens with zero attached hydrogens (tertiary/aromatic N) is 2. The highest BCUT2D eigenvalue weighted by Gasteiger charge is 2.34. The summed E-state index contributed by atoms with van der Waals surface area (Å²) in [6.07, 6.45) is 3.58. The van der Waals surface area contributed by atoms with Crippen molar-refractivity contribution >= 4 is 35.5 Å². The second-order valence-electron chi connectivity index (χ2n) is 7.21. The van der Waals surface area contributed by atoms with Crippen LogP contribution in [0.3, 0.4) is 0 Å². The van der Waals surface area contributed by atoms with E-state index in [2.05, 4.69) is 6.58 Å². The first kappa shape index (κ1) is 23.8. The standard InChI is InChI=1S/C25H21ClN2O5/c1-4-10-28-23(29)18(15(3)20(14-27)24(28)30)13-17-7-9-22(33-17)16-6-8-21(26)19(12-16)25(31)32-11-5-2/h4,6-9,12-13H,1,5,10-11H2,2-3H3/b18-13+. The van der Waals surface area contributed by atoms with Gasteiger partial charge in [0.25, 0.3) is 11.8 Å². The molecular weight excluding hydrogens is 444 g/mol. The molecule has 2 heterocycles. The van der Waals surface area contributed by atoms with Crippen molar-refractivity contribution in [1.29, 1.82) is 5.26 Å². The SMILES string of the molecule is C=CCN1C(=O)C(C#N)=C(C)/C(=C\c2ccc(-c3ccc(Cl)c(C(=O)OCCC)c3)o2)C1=O. The number of rotatable bonds is 7. The Balaban J connectivity index is 1.98. The zero-order valence-corrected chi connectivity index (χ0v) is 18.9. The summed E-state index contributed by atoms with van der Waals surface area (Å²) in [4.78, 5) is 38.5. The molecule has 0 fully saturated rings. The van der Waals surface area contributed by atoms with Crippen LogP contribution in [-0.2, 0) is 14.3 Å². The van der Waals surface area contributed by atoms with Gasteiger partial charge in [-0.2, -0.15) is 5.26 Å². The maximum atomic E-state index is 12.9. The number of halogens is 1. The highest BCUT2D eigenvalue weighted by Crippen LogP contribution is 2.31. The molecule has 0 spiro atoms.